The van der Waals surface area contributed by atoms with Crippen LogP contribution in [0.5, 0.6) is 0 Å². The van der Waals surface area contributed by atoms with Gasteiger partial charge in [0, 0.05) is 18.3 Å². The summed E-state index contributed by atoms with van der Waals surface area (Å²) in [6, 6.07) is 0.553. The molecule has 3 N–H and O–H groups in total. The minimum absolute atomic E-state index is 0.136. The van der Waals surface area contributed by atoms with Crippen LogP contribution in [0.4, 0.5) is 0 Å². The van der Waals surface area contributed by atoms with E-state index in [0.717, 1.165) is 0 Å². The van der Waals surface area contributed by atoms with Crippen LogP contribution in [0, 0.1) is 13.8 Å². The average Bonchev–Trinajstić information content (AvgIpc) is 2.97. The van der Waals surface area contributed by atoms with Gasteiger partial charge in [0.1, 0.15) is 17.6 Å². The number of aliphatic carboxylic acids is 1. The highest BCUT2D eigenvalue weighted by Crippen LogP contribution is 2.13. The summed E-state index contributed by atoms with van der Waals surface area (Å²) >= 11 is 0. The quantitative estimate of drug-likeness (QED) is 0.756. The lowest BCUT2D eigenvalue weighted by atomic mass is 10.1. The van der Waals surface area contributed by atoms with Gasteiger partial charge in [-0.1, -0.05) is 0 Å². The maximum Gasteiger partial charge on any atom is 0.326 e. The molecule has 0 fully saturated rings. The SMILES string of the molecule is Cc1cc(C(=O)NC(Cc2cnc[nH]2)C(=O)O)c(C)o1. The van der Waals surface area contributed by atoms with Crippen molar-refractivity contribution in [2.45, 2.75) is 26.3 Å². The highest BCUT2D eigenvalue weighted by Gasteiger charge is 2.23. The lowest BCUT2D eigenvalue weighted by Crippen LogP contribution is -2.42. The monoisotopic (exact) mass is 277 g/mol. The van der Waals surface area contributed by atoms with E-state index in [-0.39, 0.29) is 6.42 Å². The Morgan fingerprint density at radius 2 is 2.25 bits per heavy atom. The number of aryl methyl sites for hydroxylation is 2. The van der Waals surface area contributed by atoms with Gasteiger partial charge in [-0.3, -0.25) is 4.79 Å². The number of imidazole rings is 1. The number of carboxylic acids is 1. The molecule has 0 aliphatic carbocycles. The van der Waals surface area contributed by atoms with Crippen LogP contribution in [0.25, 0.3) is 0 Å². The maximum absolute atomic E-state index is 12.1. The molecule has 2 aromatic rings. The molecular weight excluding hydrogens is 262 g/mol. The van der Waals surface area contributed by atoms with Crippen molar-refractivity contribution in [3.05, 3.63) is 41.4 Å². The zero-order valence-corrected chi connectivity index (χ0v) is 11.1. The summed E-state index contributed by atoms with van der Waals surface area (Å²) in [6.45, 7) is 3.38. The van der Waals surface area contributed by atoms with Gasteiger partial charge in [0.15, 0.2) is 0 Å². The molecule has 7 nitrogen and oxygen atoms in total. The number of carboxylic acid groups (broad SMARTS) is 1. The van der Waals surface area contributed by atoms with E-state index in [1.807, 2.05) is 0 Å². The molecule has 0 aliphatic rings. The third-order valence-electron chi connectivity index (χ3n) is 2.87. The van der Waals surface area contributed by atoms with Crippen molar-refractivity contribution in [2.24, 2.45) is 0 Å². The maximum atomic E-state index is 12.1. The molecule has 106 valence electrons. The van der Waals surface area contributed by atoms with E-state index >= 15 is 0 Å². The van der Waals surface area contributed by atoms with Gasteiger partial charge in [-0.05, 0) is 19.9 Å². The summed E-state index contributed by atoms with van der Waals surface area (Å²) in [7, 11) is 0. The molecule has 20 heavy (non-hydrogen) atoms. The van der Waals surface area contributed by atoms with Crippen molar-refractivity contribution in [3.63, 3.8) is 0 Å². The summed E-state index contributed by atoms with van der Waals surface area (Å²) < 4.78 is 5.26. The first-order valence-electron chi connectivity index (χ1n) is 6.05. The zero-order valence-electron chi connectivity index (χ0n) is 11.1. The molecule has 0 spiro atoms. The van der Waals surface area contributed by atoms with Crippen LogP contribution in [0.3, 0.4) is 0 Å². The molecule has 0 saturated heterocycles. The van der Waals surface area contributed by atoms with Crippen LogP contribution in [0.1, 0.15) is 27.6 Å². The number of amides is 1. The molecular formula is C13H15N3O4. The van der Waals surface area contributed by atoms with Crippen LogP contribution in [-0.4, -0.2) is 33.0 Å². The molecule has 1 amide bonds. The van der Waals surface area contributed by atoms with Crippen LogP contribution < -0.4 is 5.32 Å². The number of carbonyl (C=O) groups is 2. The number of rotatable bonds is 5. The lowest BCUT2D eigenvalue weighted by molar-refractivity contribution is -0.139. The van der Waals surface area contributed by atoms with E-state index in [4.69, 9.17) is 9.52 Å². The first-order chi connectivity index (χ1) is 9.47. The highest BCUT2D eigenvalue weighted by atomic mass is 16.4. The second-order valence-electron chi connectivity index (χ2n) is 4.47. The van der Waals surface area contributed by atoms with Crippen molar-refractivity contribution < 1.29 is 19.1 Å². The van der Waals surface area contributed by atoms with Crippen LogP contribution in [0.15, 0.2) is 23.0 Å². The Morgan fingerprint density at radius 1 is 1.50 bits per heavy atom. The molecule has 0 aromatic carbocycles. The fourth-order valence-corrected chi connectivity index (χ4v) is 1.91. The normalized spacial score (nSPS) is 12.1. The standard InChI is InChI=1S/C13H15N3O4/c1-7-3-10(8(2)20-7)12(17)16-11(13(18)19)4-9-5-14-6-15-9/h3,5-6,11H,4H2,1-2H3,(H,14,15)(H,16,17)(H,18,19). The van der Waals surface area contributed by atoms with Gasteiger partial charge in [0.2, 0.25) is 0 Å². The van der Waals surface area contributed by atoms with Crippen molar-refractivity contribution >= 4 is 11.9 Å². The number of nitrogens with one attached hydrogen (secondary N) is 2. The Hall–Kier alpha value is -2.57. The van der Waals surface area contributed by atoms with E-state index in [2.05, 4.69) is 15.3 Å². The van der Waals surface area contributed by atoms with E-state index < -0.39 is 17.9 Å². The third kappa shape index (κ3) is 3.05. The Balaban J connectivity index is 2.10. The first-order valence-corrected chi connectivity index (χ1v) is 6.05. The molecule has 0 saturated carbocycles. The smallest absolute Gasteiger partial charge is 0.326 e. The number of furan rings is 1. The number of H-pyrrole nitrogens is 1. The molecule has 7 heteroatoms. The van der Waals surface area contributed by atoms with Crippen LogP contribution >= 0.6 is 0 Å². The number of aromatic nitrogens is 2. The number of hydrogen-bond donors (Lipinski definition) is 3. The number of hydrogen-bond acceptors (Lipinski definition) is 4. The van der Waals surface area contributed by atoms with E-state index in [9.17, 15) is 9.59 Å². The molecule has 2 rings (SSSR count). The van der Waals surface area contributed by atoms with Gasteiger partial charge in [0.05, 0.1) is 11.9 Å². The minimum atomic E-state index is -1.11. The van der Waals surface area contributed by atoms with Gasteiger partial charge in [-0.15, -0.1) is 0 Å². The summed E-state index contributed by atoms with van der Waals surface area (Å²) in [5, 5.41) is 11.6. The van der Waals surface area contributed by atoms with Crippen molar-refractivity contribution in [2.75, 3.05) is 0 Å². The Bertz CT molecular complexity index is 616. The number of carbonyl (C=O) groups excluding carboxylic acids is 1. The number of nitrogens with zero attached hydrogens (tertiary/aromatic N) is 1. The third-order valence-corrected chi connectivity index (χ3v) is 2.87. The summed E-state index contributed by atoms with van der Waals surface area (Å²) in [6.07, 6.45) is 3.12. The van der Waals surface area contributed by atoms with E-state index in [1.54, 1.807) is 19.9 Å². The lowest BCUT2D eigenvalue weighted by Gasteiger charge is -2.13. The van der Waals surface area contributed by atoms with Crippen molar-refractivity contribution in [3.8, 4) is 0 Å². The van der Waals surface area contributed by atoms with Crippen molar-refractivity contribution in [1.29, 1.82) is 0 Å². The predicted octanol–water partition coefficient (Wildman–Crippen LogP) is 1.05. The highest BCUT2D eigenvalue weighted by molar-refractivity contribution is 5.97. The molecule has 2 heterocycles. The molecule has 1 atom stereocenters. The molecule has 2 aromatic heterocycles. The van der Waals surface area contributed by atoms with Crippen molar-refractivity contribution in [1.82, 2.24) is 15.3 Å². The Labute approximate surface area is 115 Å². The van der Waals surface area contributed by atoms with Crippen LogP contribution in [0.2, 0.25) is 0 Å². The largest absolute Gasteiger partial charge is 0.480 e. The minimum Gasteiger partial charge on any atom is -0.480 e. The van der Waals surface area contributed by atoms with Gasteiger partial charge in [0.25, 0.3) is 5.91 Å². The van der Waals surface area contributed by atoms with Gasteiger partial charge in [-0.2, -0.15) is 0 Å². The van der Waals surface area contributed by atoms with Crippen LogP contribution in [-0.2, 0) is 11.2 Å². The zero-order chi connectivity index (χ0) is 14.7. The topological polar surface area (TPSA) is 108 Å². The van der Waals surface area contributed by atoms with Gasteiger partial charge >= 0.3 is 5.97 Å². The first kappa shape index (κ1) is 13.9. The average molecular weight is 277 g/mol. The summed E-state index contributed by atoms with van der Waals surface area (Å²) in [4.78, 5) is 29.9. The summed E-state index contributed by atoms with van der Waals surface area (Å²) in [5.74, 6) is -0.504. The number of aromatic amines is 1. The van der Waals surface area contributed by atoms with E-state index in [0.29, 0.717) is 22.8 Å². The van der Waals surface area contributed by atoms with Gasteiger partial charge in [-0.25, -0.2) is 9.78 Å². The fourth-order valence-electron chi connectivity index (χ4n) is 1.91. The summed E-state index contributed by atoms with van der Waals surface area (Å²) in [5.41, 5.74) is 0.983. The second kappa shape index (κ2) is 5.60. The Morgan fingerprint density at radius 3 is 2.75 bits per heavy atom. The molecule has 1 unspecified atom stereocenters. The fraction of sp³-hybridized carbons (Fsp3) is 0.308. The molecule has 0 bridgehead atoms. The Kier molecular flexibility index (Phi) is 3.88. The predicted molar refractivity (Wildman–Crippen MR) is 69.4 cm³/mol. The molecule has 0 radical (unpaired) electrons. The van der Waals surface area contributed by atoms with Gasteiger partial charge < -0.3 is 19.8 Å². The van der Waals surface area contributed by atoms with E-state index in [1.165, 1.54) is 12.5 Å². The second-order valence-corrected chi connectivity index (χ2v) is 4.47. The molecule has 0 aliphatic heterocycles.